The average molecular weight is 1170 g/mol. The molecule has 0 unspecified atom stereocenters. The molecule has 0 amide bonds. The van der Waals surface area contributed by atoms with E-state index in [-0.39, 0.29) is 11.4 Å². The maximum absolute atomic E-state index is 11.0. The molecular formula is C51H62BrCl4N15O4. The van der Waals surface area contributed by atoms with Crippen LogP contribution in [-0.4, -0.2) is 141 Å². The predicted molar refractivity (Wildman–Crippen MR) is 299 cm³/mol. The number of benzene rings is 2. The number of anilines is 2. The molecule has 0 radical (unpaired) electrons. The van der Waals surface area contributed by atoms with Crippen molar-refractivity contribution in [3.05, 3.63) is 125 Å². The maximum atomic E-state index is 11.0. The van der Waals surface area contributed by atoms with Gasteiger partial charge in [-0.15, -0.1) is 0 Å². The Balaban J connectivity index is 0.000000167. The molecule has 7 heterocycles. The first-order valence-electron chi connectivity index (χ1n) is 25.5. The van der Waals surface area contributed by atoms with Crippen LogP contribution in [0, 0.1) is 20.2 Å². The largest absolute Gasteiger partial charge is 0.353 e. The number of likely N-dealkylation sites (tertiary alicyclic amines) is 1. The Bertz CT molecular complexity index is 2820. The number of hydrogen-bond donors (Lipinski definition) is 2. The molecule has 4 aliphatic rings. The van der Waals surface area contributed by atoms with Gasteiger partial charge in [-0.3, -0.25) is 45.1 Å². The lowest BCUT2D eigenvalue weighted by atomic mass is 9.92. The fourth-order valence-electron chi connectivity index (χ4n) is 10.8. The molecule has 75 heavy (non-hydrogen) atoms. The standard InChI is InChI=1S/C25H30Cl2N8O2.C17H25ClN4O2.C9H7BrClN3/c1-2-19-15-33(25-23(27)12-21(13-28-25)35(36)37)9-10-34(19)20-5-7-32(8-6-20)14-17-3-4-18(26)11-22(17)24-29-16-30-31-24;1-2-13-12-20(8-9-21(13)14-6-4-3-5-7-14)17-16(18)10-15(11-19-17)22(23)24;10-4-6-1-2-7(11)3-8(6)9-12-5-13-14-9/h3-4,11-13,16,19-20H,2,5-10,14-15H2,1H3,(H,29,30,31);10-11,13-14H,2-9,12H2,1H3;1-3,5H,4H2,(H,12,13,14)/t19-;13-;/m00./s1. The number of halogens is 5. The van der Waals surface area contributed by atoms with Crippen molar-refractivity contribution in [2.24, 2.45) is 0 Å². The third-order valence-electron chi connectivity index (χ3n) is 14.7. The average Bonchev–Trinajstić information content (AvgIpc) is 4.19. The lowest BCUT2D eigenvalue weighted by Gasteiger charge is -2.47. The molecular weight excluding hydrogens is 1110 g/mol. The molecule has 6 aromatic rings. The number of H-pyrrole nitrogens is 2. The van der Waals surface area contributed by atoms with E-state index in [2.05, 4.69) is 101 Å². The highest BCUT2D eigenvalue weighted by molar-refractivity contribution is 9.08. The Morgan fingerprint density at radius 1 is 0.613 bits per heavy atom. The van der Waals surface area contributed by atoms with Crippen LogP contribution in [0.1, 0.15) is 82.8 Å². The van der Waals surface area contributed by atoms with E-state index in [9.17, 15) is 20.2 Å². The van der Waals surface area contributed by atoms with Gasteiger partial charge in [0.15, 0.2) is 11.6 Å². The Hall–Kier alpha value is -5.06. The van der Waals surface area contributed by atoms with E-state index in [4.69, 9.17) is 46.4 Å². The van der Waals surface area contributed by atoms with E-state index in [1.54, 1.807) is 0 Å². The highest BCUT2D eigenvalue weighted by Crippen LogP contribution is 2.35. The summed E-state index contributed by atoms with van der Waals surface area (Å²) in [5.74, 6) is 2.77. The zero-order valence-corrected chi connectivity index (χ0v) is 46.6. The zero-order chi connectivity index (χ0) is 53.0. The number of piperazine rings is 2. The van der Waals surface area contributed by atoms with Crippen molar-refractivity contribution in [1.29, 1.82) is 0 Å². The Kier molecular flexibility index (Phi) is 20.1. The van der Waals surface area contributed by atoms with Gasteiger partial charge in [-0.25, -0.2) is 19.9 Å². The molecule has 2 atom stereocenters. The molecule has 1 aliphatic carbocycles. The summed E-state index contributed by atoms with van der Waals surface area (Å²) in [5.41, 5.74) is 4.15. The van der Waals surface area contributed by atoms with Gasteiger partial charge in [-0.2, -0.15) is 10.2 Å². The van der Waals surface area contributed by atoms with Gasteiger partial charge in [0.25, 0.3) is 11.4 Å². The molecule has 4 aromatic heterocycles. The van der Waals surface area contributed by atoms with E-state index in [1.165, 1.54) is 74.8 Å². The number of piperidine rings is 1. The summed E-state index contributed by atoms with van der Waals surface area (Å²) in [6.45, 7) is 12.6. The van der Waals surface area contributed by atoms with Crippen LogP contribution in [0.5, 0.6) is 0 Å². The Labute approximate surface area is 465 Å². The molecule has 0 bridgehead atoms. The zero-order valence-electron chi connectivity index (χ0n) is 42.0. The topological polar surface area (TPSA) is 211 Å². The van der Waals surface area contributed by atoms with Crippen LogP contribution in [0.4, 0.5) is 23.0 Å². The van der Waals surface area contributed by atoms with Crippen molar-refractivity contribution in [2.45, 2.75) is 108 Å². The van der Waals surface area contributed by atoms with Gasteiger partial charge >= 0.3 is 0 Å². The van der Waals surface area contributed by atoms with E-state index in [0.29, 0.717) is 55.9 Å². The highest BCUT2D eigenvalue weighted by atomic mass is 79.9. The lowest BCUT2D eigenvalue weighted by Crippen LogP contribution is -2.58. The highest BCUT2D eigenvalue weighted by Gasteiger charge is 2.35. The summed E-state index contributed by atoms with van der Waals surface area (Å²) in [5, 5.41) is 38.3. The number of nitrogens with one attached hydrogen (secondary N) is 2. The van der Waals surface area contributed by atoms with E-state index in [1.807, 2.05) is 30.3 Å². The van der Waals surface area contributed by atoms with E-state index < -0.39 is 9.85 Å². The third kappa shape index (κ3) is 14.3. The van der Waals surface area contributed by atoms with Gasteiger partial charge in [-0.05, 0) is 87.0 Å². The summed E-state index contributed by atoms with van der Waals surface area (Å²) in [4.78, 5) is 50.1. The Morgan fingerprint density at radius 2 is 1.08 bits per heavy atom. The van der Waals surface area contributed by atoms with Crippen molar-refractivity contribution in [1.82, 2.24) is 55.0 Å². The van der Waals surface area contributed by atoms with Gasteiger partial charge in [0.2, 0.25) is 0 Å². The second-order valence-corrected chi connectivity index (χ2v) is 21.5. The minimum atomic E-state index is -0.468. The number of hydrogen-bond acceptors (Lipinski definition) is 15. The number of nitrogens with zero attached hydrogens (tertiary/aromatic N) is 13. The molecule has 4 fully saturated rings. The van der Waals surface area contributed by atoms with Gasteiger partial charge in [-0.1, -0.05) is 108 Å². The summed E-state index contributed by atoms with van der Waals surface area (Å²) in [6.07, 6.45) is 16.6. The van der Waals surface area contributed by atoms with Gasteiger partial charge in [0.05, 0.1) is 19.9 Å². The van der Waals surface area contributed by atoms with Crippen LogP contribution < -0.4 is 9.80 Å². The number of nitro groups is 2. The Morgan fingerprint density at radius 3 is 1.51 bits per heavy atom. The molecule has 1 saturated carbocycles. The van der Waals surface area contributed by atoms with Crippen molar-refractivity contribution < 1.29 is 9.85 Å². The predicted octanol–water partition coefficient (Wildman–Crippen LogP) is 11.5. The summed E-state index contributed by atoms with van der Waals surface area (Å²) in [6, 6.07) is 16.6. The minimum Gasteiger partial charge on any atom is -0.353 e. The van der Waals surface area contributed by atoms with Crippen LogP contribution in [0.15, 0.2) is 73.6 Å². The fourth-order valence-corrected chi connectivity index (χ4v) is 12.2. The number of pyridine rings is 2. The molecule has 400 valence electrons. The fraction of sp³-hybridized carbons (Fsp3) is 0.490. The summed E-state index contributed by atoms with van der Waals surface area (Å²) < 4.78 is 0. The SMILES string of the molecule is CC[C@H]1CN(c2ncc([N+](=O)[O-])cc2Cl)CCN1C1CCCCC1.CC[C@H]1CN(c2ncc([N+](=O)[O-])cc2Cl)CCN1C1CCN(Cc2ccc(Cl)cc2-c2ncn[nH]2)CC1.Clc1ccc(CBr)c(-c2ncn[nH]2)c1. The van der Waals surface area contributed by atoms with E-state index >= 15 is 0 Å². The van der Waals surface area contributed by atoms with E-state index in [0.717, 1.165) is 118 Å². The molecule has 2 N–H and O–H groups in total. The van der Waals surface area contributed by atoms with Gasteiger partial charge in [0.1, 0.15) is 36.7 Å². The summed E-state index contributed by atoms with van der Waals surface area (Å²) >= 11 is 28.2. The smallest absolute Gasteiger partial charge is 0.289 e. The third-order valence-corrected chi connectivity index (χ3v) is 16.4. The molecule has 3 aliphatic heterocycles. The van der Waals surface area contributed by atoms with Crippen LogP contribution >= 0.6 is 62.3 Å². The van der Waals surface area contributed by atoms with Crippen molar-refractivity contribution >= 4 is 85.3 Å². The molecule has 19 nitrogen and oxygen atoms in total. The van der Waals surface area contributed by atoms with Crippen LogP contribution in [-0.2, 0) is 11.9 Å². The maximum Gasteiger partial charge on any atom is 0.289 e. The number of aromatic amines is 2. The first-order valence-corrected chi connectivity index (χ1v) is 28.1. The molecule has 0 spiro atoms. The molecule has 2 aromatic carbocycles. The lowest BCUT2D eigenvalue weighted by molar-refractivity contribution is -0.385. The second-order valence-electron chi connectivity index (χ2n) is 19.2. The van der Waals surface area contributed by atoms with Crippen LogP contribution in [0.25, 0.3) is 22.8 Å². The quantitative estimate of drug-likeness (QED) is 0.0625. The van der Waals surface area contributed by atoms with Crippen LogP contribution in [0.3, 0.4) is 0 Å². The first kappa shape index (κ1) is 56.2. The van der Waals surface area contributed by atoms with Crippen molar-refractivity contribution in [3.8, 4) is 22.8 Å². The van der Waals surface area contributed by atoms with Crippen molar-refractivity contribution in [2.75, 3.05) is 62.2 Å². The monoisotopic (exact) mass is 1170 g/mol. The molecule has 3 saturated heterocycles. The first-order chi connectivity index (χ1) is 36.3. The number of alkyl halides is 1. The minimum absolute atomic E-state index is 0.0587. The van der Waals surface area contributed by atoms with Crippen molar-refractivity contribution in [3.63, 3.8) is 0 Å². The number of aromatic nitrogens is 8. The second kappa shape index (κ2) is 26.8. The molecule has 24 heteroatoms. The molecule has 10 rings (SSSR count). The summed E-state index contributed by atoms with van der Waals surface area (Å²) in [7, 11) is 0. The van der Waals surface area contributed by atoms with Gasteiger partial charge in [0, 0.05) is 109 Å². The number of rotatable bonds is 13. The van der Waals surface area contributed by atoms with Crippen LogP contribution in [0.2, 0.25) is 20.1 Å². The van der Waals surface area contributed by atoms with Gasteiger partial charge < -0.3 is 9.80 Å². The normalized spacial score (nSPS) is 19.2.